The standard InChI is InChI=1S/C24H26Cl2N2O3/c25-20-12-11-18(15-21(20)26)10-6-13-27-23(30)19-16-28(24(31)22(19)29)14-5-4-9-17-7-2-1-3-8-17/h1-3,7-8,11-12,15,19H,4-6,9-10,13-14,16H2,(H,27,30). The molecule has 0 aromatic heterocycles. The zero-order chi connectivity index (χ0) is 22.2. The number of halogens is 2. The average molecular weight is 461 g/mol. The highest BCUT2D eigenvalue weighted by molar-refractivity contribution is 6.42. The molecule has 2 aromatic carbocycles. The van der Waals surface area contributed by atoms with E-state index in [0.717, 1.165) is 31.2 Å². The van der Waals surface area contributed by atoms with Gasteiger partial charge < -0.3 is 10.2 Å². The van der Waals surface area contributed by atoms with E-state index in [-0.39, 0.29) is 12.5 Å². The summed E-state index contributed by atoms with van der Waals surface area (Å²) in [5.41, 5.74) is 2.28. The number of amides is 2. The summed E-state index contributed by atoms with van der Waals surface area (Å²) >= 11 is 11.9. The van der Waals surface area contributed by atoms with Crippen LogP contribution in [0.25, 0.3) is 0 Å². The first-order valence-corrected chi connectivity index (χ1v) is 11.3. The second-order valence-corrected chi connectivity index (χ2v) is 8.57. The van der Waals surface area contributed by atoms with Crippen LogP contribution >= 0.6 is 23.2 Å². The van der Waals surface area contributed by atoms with Gasteiger partial charge in [0.2, 0.25) is 11.7 Å². The highest BCUT2D eigenvalue weighted by Crippen LogP contribution is 2.23. The van der Waals surface area contributed by atoms with Gasteiger partial charge in [0, 0.05) is 19.6 Å². The van der Waals surface area contributed by atoms with Crippen LogP contribution in [0.5, 0.6) is 0 Å². The Balaban J connectivity index is 1.38. The zero-order valence-electron chi connectivity index (χ0n) is 17.3. The minimum atomic E-state index is -0.911. The van der Waals surface area contributed by atoms with Gasteiger partial charge in [0.15, 0.2) is 0 Å². The van der Waals surface area contributed by atoms with Crippen LogP contribution < -0.4 is 5.32 Å². The van der Waals surface area contributed by atoms with E-state index in [1.54, 1.807) is 12.1 Å². The van der Waals surface area contributed by atoms with Crippen molar-refractivity contribution in [3.63, 3.8) is 0 Å². The van der Waals surface area contributed by atoms with Crippen LogP contribution in [0.15, 0.2) is 48.5 Å². The lowest BCUT2D eigenvalue weighted by atomic mass is 10.1. The topological polar surface area (TPSA) is 66.5 Å². The molecule has 164 valence electrons. The monoisotopic (exact) mass is 460 g/mol. The van der Waals surface area contributed by atoms with E-state index in [4.69, 9.17) is 23.2 Å². The Bertz CT molecular complexity index is 934. The minimum absolute atomic E-state index is 0.168. The highest BCUT2D eigenvalue weighted by atomic mass is 35.5. The fourth-order valence-corrected chi connectivity index (χ4v) is 4.01. The predicted octanol–water partition coefficient (Wildman–Crippen LogP) is 4.09. The number of aryl methyl sites for hydroxylation is 2. The van der Waals surface area contributed by atoms with E-state index in [2.05, 4.69) is 17.4 Å². The van der Waals surface area contributed by atoms with E-state index < -0.39 is 17.6 Å². The van der Waals surface area contributed by atoms with Crippen LogP contribution in [0.3, 0.4) is 0 Å². The molecule has 31 heavy (non-hydrogen) atoms. The second kappa shape index (κ2) is 11.3. The van der Waals surface area contributed by atoms with Gasteiger partial charge >= 0.3 is 0 Å². The van der Waals surface area contributed by atoms with E-state index in [1.807, 2.05) is 24.3 Å². The van der Waals surface area contributed by atoms with Gasteiger partial charge in [0.1, 0.15) is 5.92 Å². The molecule has 1 atom stereocenters. The van der Waals surface area contributed by atoms with Gasteiger partial charge in [-0.15, -0.1) is 0 Å². The number of ketones is 1. The van der Waals surface area contributed by atoms with Crippen molar-refractivity contribution in [2.45, 2.75) is 32.1 Å². The number of likely N-dealkylation sites (tertiary alicyclic amines) is 1. The maximum Gasteiger partial charge on any atom is 0.290 e. The van der Waals surface area contributed by atoms with Gasteiger partial charge in [-0.1, -0.05) is 59.6 Å². The molecule has 1 unspecified atom stereocenters. The number of hydrogen-bond donors (Lipinski definition) is 1. The van der Waals surface area contributed by atoms with Crippen molar-refractivity contribution in [1.82, 2.24) is 10.2 Å². The lowest BCUT2D eigenvalue weighted by molar-refractivity contribution is -0.142. The summed E-state index contributed by atoms with van der Waals surface area (Å²) in [6.45, 7) is 1.09. The Labute approximate surface area is 192 Å². The molecule has 1 aliphatic rings. The molecule has 5 nitrogen and oxygen atoms in total. The Morgan fingerprint density at radius 2 is 1.68 bits per heavy atom. The fraction of sp³-hybridized carbons (Fsp3) is 0.375. The Kier molecular flexibility index (Phi) is 8.50. The van der Waals surface area contributed by atoms with Crippen molar-refractivity contribution in [2.24, 2.45) is 5.92 Å². The third kappa shape index (κ3) is 6.55. The van der Waals surface area contributed by atoms with Crippen LogP contribution in [-0.2, 0) is 27.2 Å². The van der Waals surface area contributed by atoms with Crippen LogP contribution in [0.4, 0.5) is 0 Å². The number of nitrogens with one attached hydrogen (secondary N) is 1. The summed E-state index contributed by atoms with van der Waals surface area (Å²) in [5.74, 6) is -2.44. The van der Waals surface area contributed by atoms with Crippen molar-refractivity contribution >= 4 is 40.8 Å². The molecule has 1 N–H and O–H groups in total. The molecule has 2 aromatic rings. The molecular formula is C24H26Cl2N2O3. The molecule has 3 rings (SSSR count). The Morgan fingerprint density at radius 3 is 2.42 bits per heavy atom. The maximum atomic E-state index is 12.4. The number of hydrogen-bond acceptors (Lipinski definition) is 3. The quantitative estimate of drug-likeness (QED) is 0.329. The van der Waals surface area contributed by atoms with Crippen LogP contribution in [-0.4, -0.2) is 42.1 Å². The summed E-state index contributed by atoms with van der Waals surface area (Å²) in [4.78, 5) is 38.4. The lowest BCUT2D eigenvalue weighted by Gasteiger charge is -2.15. The maximum absolute atomic E-state index is 12.4. The number of carbonyl (C=O) groups excluding carboxylic acids is 3. The molecule has 0 spiro atoms. The van der Waals surface area contributed by atoms with Crippen molar-refractivity contribution in [2.75, 3.05) is 19.6 Å². The molecular weight excluding hydrogens is 435 g/mol. The van der Waals surface area contributed by atoms with Crippen LogP contribution in [0.1, 0.15) is 30.4 Å². The number of benzene rings is 2. The van der Waals surface area contributed by atoms with E-state index in [9.17, 15) is 14.4 Å². The smallest absolute Gasteiger partial charge is 0.290 e. The number of Topliss-reactive ketones (excluding diaryl/α,β-unsaturated/α-hetero) is 1. The summed E-state index contributed by atoms with van der Waals surface area (Å²) in [5, 5.41) is 3.79. The highest BCUT2D eigenvalue weighted by Gasteiger charge is 2.42. The van der Waals surface area contributed by atoms with Gasteiger partial charge in [-0.05, 0) is 55.4 Å². The summed E-state index contributed by atoms with van der Waals surface area (Å²) in [7, 11) is 0. The Hall–Kier alpha value is -2.37. The van der Waals surface area contributed by atoms with Gasteiger partial charge in [-0.25, -0.2) is 0 Å². The SMILES string of the molecule is O=C(NCCCc1ccc(Cl)c(Cl)c1)C1CN(CCCCc2ccccc2)C(=O)C1=O. The number of carbonyl (C=O) groups is 3. The zero-order valence-corrected chi connectivity index (χ0v) is 18.8. The van der Waals surface area contributed by atoms with Gasteiger partial charge in [0.05, 0.1) is 10.0 Å². The molecule has 0 radical (unpaired) electrons. The number of rotatable bonds is 10. The molecule has 0 aliphatic carbocycles. The third-order valence-electron chi connectivity index (χ3n) is 5.45. The van der Waals surface area contributed by atoms with Gasteiger partial charge in [-0.3, -0.25) is 14.4 Å². The van der Waals surface area contributed by atoms with Crippen LogP contribution in [0.2, 0.25) is 10.0 Å². The number of unbranched alkanes of at least 4 members (excludes halogenated alkanes) is 1. The first kappa shape index (κ1) is 23.3. The minimum Gasteiger partial charge on any atom is -0.355 e. The summed E-state index contributed by atoms with van der Waals surface area (Å²) in [6, 6.07) is 15.6. The molecule has 2 amide bonds. The normalized spacial score (nSPS) is 16.1. The van der Waals surface area contributed by atoms with Crippen molar-refractivity contribution < 1.29 is 14.4 Å². The molecule has 1 fully saturated rings. The first-order chi connectivity index (χ1) is 15.0. The summed E-state index contributed by atoms with van der Waals surface area (Å²) in [6.07, 6.45) is 4.07. The van der Waals surface area contributed by atoms with Crippen LogP contribution in [0, 0.1) is 5.92 Å². The van der Waals surface area contributed by atoms with Gasteiger partial charge in [0.25, 0.3) is 5.91 Å². The van der Waals surface area contributed by atoms with E-state index >= 15 is 0 Å². The first-order valence-electron chi connectivity index (χ1n) is 10.5. The van der Waals surface area contributed by atoms with Crippen molar-refractivity contribution in [1.29, 1.82) is 0 Å². The molecule has 1 saturated heterocycles. The summed E-state index contributed by atoms with van der Waals surface area (Å²) < 4.78 is 0. The fourth-order valence-electron chi connectivity index (χ4n) is 3.68. The Morgan fingerprint density at radius 1 is 0.935 bits per heavy atom. The largest absolute Gasteiger partial charge is 0.355 e. The van der Waals surface area contributed by atoms with E-state index in [0.29, 0.717) is 29.6 Å². The molecule has 1 aliphatic heterocycles. The molecule has 7 heteroatoms. The van der Waals surface area contributed by atoms with Crippen molar-refractivity contribution in [3.8, 4) is 0 Å². The second-order valence-electron chi connectivity index (χ2n) is 7.75. The van der Waals surface area contributed by atoms with E-state index in [1.165, 1.54) is 10.5 Å². The average Bonchev–Trinajstić information content (AvgIpc) is 3.06. The molecule has 0 saturated carbocycles. The van der Waals surface area contributed by atoms with Crippen molar-refractivity contribution in [3.05, 3.63) is 69.7 Å². The molecule has 1 heterocycles. The lowest BCUT2D eigenvalue weighted by Crippen LogP contribution is -2.36. The molecule has 0 bridgehead atoms. The van der Waals surface area contributed by atoms with Gasteiger partial charge in [-0.2, -0.15) is 0 Å². The third-order valence-corrected chi connectivity index (χ3v) is 6.18. The number of nitrogens with zero attached hydrogens (tertiary/aromatic N) is 1. The predicted molar refractivity (Wildman–Crippen MR) is 122 cm³/mol.